The van der Waals surface area contributed by atoms with E-state index in [1.165, 1.54) is 29.1 Å². The number of carbonyl (C=O) groups excluding carboxylic acids is 1. The van der Waals surface area contributed by atoms with Gasteiger partial charge in [-0.05, 0) is 49.9 Å². The molecule has 4 rings (SSSR count). The van der Waals surface area contributed by atoms with E-state index in [-0.39, 0.29) is 12.3 Å². The van der Waals surface area contributed by atoms with Gasteiger partial charge in [0, 0.05) is 21.8 Å². The zero-order chi connectivity index (χ0) is 20.9. The Balaban J connectivity index is 1.39. The minimum Gasteiger partial charge on any atom is -0.486 e. The minimum absolute atomic E-state index is 0.0172. The maximum absolute atomic E-state index is 13.0. The standard InChI is InChI=1S/C22H22ClN3O2S2/c1-2-11-26(22-25-18-5-3-4-6-19(18)30-22)21(27)12-16-14-29-20(24-16)13-28-17-9-7-15(23)8-10-17/h2,7-10,14H,1,3-6,11-13H2. The van der Waals surface area contributed by atoms with Crippen LogP contribution in [0.1, 0.15) is 34.1 Å². The molecule has 0 aliphatic heterocycles. The monoisotopic (exact) mass is 459 g/mol. The van der Waals surface area contributed by atoms with Crippen LogP contribution >= 0.6 is 34.3 Å². The number of amides is 1. The molecule has 0 fully saturated rings. The molecule has 3 aromatic rings. The molecule has 5 nitrogen and oxygen atoms in total. The van der Waals surface area contributed by atoms with Gasteiger partial charge in [0.15, 0.2) is 5.13 Å². The van der Waals surface area contributed by atoms with Gasteiger partial charge in [-0.1, -0.05) is 17.7 Å². The summed E-state index contributed by atoms with van der Waals surface area (Å²) in [6.07, 6.45) is 6.41. The summed E-state index contributed by atoms with van der Waals surface area (Å²) in [5.41, 5.74) is 1.90. The van der Waals surface area contributed by atoms with E-state index in [2.05, 4.69) is 11.6 Å². The average molecular weight is 460 g/mol. The van der Waals surface area contributed by atoms with Crippen molar-refractivity contribution in [1.29, 1.82) is 0 Å². The van der Waals surface area contributed by atoms with Gasteiger partial charge in [-0.25, -0.2) is 9.97 Å². The van der Waals surface area contributed by atoms with Gasteiger partial charge < -0.3 is 4.74 Å². The second-order valence-electron chi connectivity index (χ2n) is 7.02. The summed E-state index contributed by atoms with van der Waals surface area (Å²) < 4.78 is 5.74. The number of hydrogen-bond acceptors (Lipinski definition) is 6. The van der Waals surface area contributed by atoms with Crippen LogP contribution in [0, 0.1) is 0 Å². The van der Waals surface area contributed by atoms with Crippen LogP contribution < -0.4 is 9.64 Å². The molecule has 0 saturated heterocycles. The number of hydrogen-bond donors (Lipinski definition) is 0. The molecule has 0 bridgehead atoms. The molecule has 0 atom stereocenters. The molecule has 0 radical (unpaired) electrons. The minimum atomic E-state index is -0.0172. The van der Waals surface area contributed by atoms with E-state index < -0.39 is 0 Å². The first-order valence-corrected chi connectivity index (χ1v) is 11.9. The van der Waals surface area contributed by atoms with Crippen LogP contribution in [0.3, 0.4) is 0 Å². The summed E-state index contributed by atoms with van der Waals surface area (Å²) in [5, 5.41) is 4.18. The summed E-state index contributed by atoms with van der Waals surface area (Å²) >= 11 is 9.01. The molecule has 156 valence electrons. The summed E-state index contributed by atoms with van der Waals surface area (Å²) in [4.78, 5) is 25.3. The number of anilines is 1. The van der Waals surface area contributed by atoms with Crippen LogP contribution in [0.2, 0.25) is 5.02 Å². The number of nitrogens with zero attached hydrogens (tertiary/aromatic N) is 3. The lowest BCUT2D eigenvalue weighted by molar-refractivity contribution is -0.117. The van der Waals surface area contributed by atoms with Crippen molar-refractivity contribution in [2.24, 2.45) is 0 Å². The number of fused-ring (bicyclic) bond motifs is 1. The molecule has 0 saturated carbocycles. The van der Waals surface area contributed by atoms with Gasteiger partial charge in [0.25, 0.3) is 0 Å². The van der Waals surface area contributed by atoms with Gasteiger partial charge >= 0.3 is 0 Å². The lowest BCUT2D eigenvalue weighted by atomic mass is 10.0. The van der Waals surface area contributed by atoms with Gasteiger partial charge in [-0.2, -0.15) is 0 Å². The normalized spacial score (nSPS) is 13.0. The Morgan fingerprint density at radius 2 is 2.03 bits per heavy atom. The fourth-order valence-electron chi connectivity index (χ4n) is 3.29. The van der Waals surface area contributed by atoms with E-state index in [9.17, 15) is 4.79 Å². The van der Waals surface area contributed by atoms with Crippen molar-refractivity contribution in [1.82, 2.24) is 9.97 Å². The van der Waals surface area contributed by atoms with Crippen molar-refractivity contribution in [2.75, 3.05) is 11.4 Å². The number of rotatable bonds is 8. The third-order valence-corrected chi connectivity index (χ3v) is 7.09. The highest BCUT2D eigenvalue weighted by atomic mass is 35.5. The number of halogens is 1. The topological polar surface area (TPSA) is 55.3 Å². The largest absolute Gasteiger partial charge is 0.486 e. The molecule has 30 heavy (non-hydrogen) atoms. The zero-order valence-electron chi connectivity index (χ0n) is 16.5. The third kappa shape index (κ3) is 5.09. The molecule has 1 aromatic carbocycles. The third-order valence-electron chi connectivity index (χ3n) is 4.79. The van der Waals surface area contributed by atoms with E-state index in [1.54, 1.807) is 34.4 Å². The SMILES string of the molecule is C=CCN(C(=O)Cc1csc(COc2ccc(Cl)cc2)n1)c1nc2c(s1)CCCC2. The number of thiazole rings is 2. The van der Waals surface area contributed by atoms with E-state index in [1.807, 2.05) is 17.5 Å². The number of aromatic nitrogens is 2. The van der Waals surface area contributed by atoms with Crippen molar-refractivity contribution in [2.45, 2.75) is 38.7 Å². The van der Waals surface area contributed by atoms with Crippen LogP contribution in [0.4, 0.5) is 5.13 Å². The molecule has 0 N–H and O–H groups in total. The fourth-order valence-corrected chi connectivity index (χ4v) is 5.30. The Labute approximate surface area is 189 Å². The molecule has 1 aliphatic rings. The van der Waals surface area contributed by atoms with Gasteiger partial charge in [0.05, 0.1) is 17.8 Å². The molecule has 1 amide bonds. The predicted octanol–water partition coefficient (Wildman–Crippen LogP) is 5.47. The Morgan fingerprint density at radius 1 is 1.23 bits per heavy atom. The second-order valence-corrected chi connectivity index (χ2v) is 9.46. The van der Waals surface area contributed by atoms with Crippen molar-refractivity contribution < 1.29 is 9.53 Å². The Bertz CT molecular complexity index is 1010. The lowest BCUT2D eigenvalue weighted by Gasteiger charge is -2.17. The Morgan fingerprint density at radius 3 is 2.80 bits per heavy atom. The van der Waals surface area contributed by atoms with Crippen LogP contribution in [0.5, 0.6) is 5.75 Å². The van der Waals surface area contributed by atoms with E-state index in [0.717, 1.165) is 40.1 Å². The molecule has 2 heterocycles. The Hall–Kier alpha value is -2.22. The molecular weight excluding hydrogens is 438 g/mol. The molecule has 2 aromatic heterocycles. The van der Waals surface area contributed by atoms with E-state index in [4.69, 9.17) is 21.3 Å². The first kappa shape index (κ1) is 21.0. The highest BCUT2D eigenvalue weighted by Gasteiger charge is 2.23. The zero-order valence-corrected chi connectivity index (χ0v) is 18.9. The molecule has 0 unspecified atom stereocenters. The van der Waals surface area contributed by atoms with Crippen molar-refractivity contribution >= 4 is 45.3 Å². The summed E-state index contributed by atoms with van der Waals surface area (Å²) in [6.45, 7) is 4.61. The number of benzene rings is 1. The summed E-state index contributed by atoms with van der Waals surface area (Å²) in [7, 11) is 0. The molecule has 8 heteroatoms. The Kier molecular flexibility index (Phi) is 6.82. The fraction of sp³-hybridized carbons (Fsp3) is 0.318. The average Bonchev–Trinajstić information content (AvgIpc) is 3.38. The van der Waals surface area contributed by atoms with Crippen LogP contribution in [0.25, 0.3) is 0 Å². The molecule has 1 aliphatic carbocycles. The van der Waals surface area contributed by atoms with E-state index >= 15 is 0 Å². The first-order chi connectivity index (χ1) is 14.6. The number of aryl methyl sites for hydroxylation is 2. The van der Waals surface area contributed by atoms with Gasteiger partial charge in [0.1, 0.15) is 17.4 Å². The van der Waals surface area contributed by atoms with Gasteiger partial charge in [-0.3, -0.25) is 9.69 Å². The van der Waals surface area contributed by atoms with Crippen molar-refractivity contribution in [3.8, 4) is 5.75 Å². The number of ether oxygens (including phenoxy) is 1. The number of carbonyl (C=O) groups is 1. The van der Waals surface area contributed by atoms with Crippen LogP contribution in [-0.4, -0.2) is 22.4 Å². The van der Waals surface area contributed by atoms with Crippen molar-refractivity contribution in [3.63, 3.8) is 0 Å². The first-order valence-electron chi connectivity index (χ1n) is 9.84. The van der Waals surface area contributed by atoms with Crippen LogP contribution in [0.15, 0.2) is 42.3 Å². The summed E-state index contributed by atoms with van der Waals surface area (Å²) in [5.74, 6) is 0.716. The van der Waals surface area contributed by atoms with Gasteiger partial charge in [-0.15, -0.1) is 29.3 Å². The highest BCUT2D eigenvalue weighted by Crippen LogP contribution is 2.32. The molecular formula is C22H22ClN3O2S2. The summed E-state index contributed by atoms with van der Waals surface area (Å²) in [6, 6.07) is 7.21. The van der Waals surface area contributed by atoms with E-state index in [0.29, 0.717) is 18.2 Å². The maximum Gasteiger partial charge on any atom is 0.235 e. The lowest BCUT2D eigenvalue weighted by Crippen LogP contribution is -2.32. The van der Waals surface area contributed by atoms with Gasteiger partial charge in [0.2, 0.25) is 5.91 Å². The molecule has 0 spiro atoms. The predicted molar refractivity (Wildman–Crippen MR) is 123 cm³/mol. The van der Waals surface area contributed by atoms with Crippen LogP contribution in [-0.2, 0) is 30.7 Å². The maximum atomic E-state index is 13.0. The smallest absolute Gasteiger partial charge is 0.235 e. The van der Waals surface area contributed by atoms with Crippen molar-refractivity contribution in [3.05, 3.63) is 68.6 Å². The highest BCUT2D eigenvalue weighted by molar-refractivity contribution is 7.16. The second kappa shape index (κ2) is 9.73. The quantitative estimate of drug-likeness (QED) is 0.419.